The lowest BCUT2D eigenvalue weighted by molar-refractivity contribution is 0.304. The van der Waals surface area contributed by atoms with Gasteiger partial charge in [-0.25, -0.2) is 4.39 Å². The van der Waals surface area contributed by atoms with Crippen molar-refractivity contribution in [3.8, 4) is 17.8 Å². The Labute approximate surface area is 113 Å². The average molecular weight is 285 g/mol. The van der Waals surface area contributed by atoms with E-state index in [4.69, 9.17) is 26.8 Å². The van der Waals surface area contributed by atoms with Crippen molar-refractivity contribution >= 4 is 17.5 Å². The van der Waals surface area contributed by atoms with E-state index in [0.717, 1.165) is 6.07 Å². The second-order valence-electron chi connectivity index (χ2n) is 3.37. The van der Waals surface area contributed by atoms with Gasteiger partial charge < -0.3 is 15.2 Å². The third-order valence-electron chi connectivity index (χ3n) is 1.99. The summed E-state index contributed by atoms with van der Waals surface area (Å²) in [6, 6.07) is 3.91. The first-order valence-corrected chi connectivity index (χ1v) is 5.73. The molecule has 19 heavy (non-hydrogen) atoms. The molecule has 0 aliphatic rings. The quantitative estimate of drug-likeness (QED) is 0.928. The van der Waals surface area contributed by atoms with Crippen LogP contribution in [0.2, 0.25) is 5.02 Å². The molecule has 1 aromatic heterocycles. The molecule has 2 N–H and O–H groups in total. The van der Waals surface area contributed by atoms with Crippen LogP contribution in [0.15, 0.2) is 18.2 Å². The molecule has 0 bridgehead atoms. The second-order valence-corrected chi connectivity index (χ2v) is 3.78. The summed E-state index contributed by atoms with van der Waals surface area (Å²) >= 11 is 5.56. The normalized spacial score (nSPS) is 10.3. The molecule has 0 amide bonds. The molecule has 0 radical (unpaired) electrons. The monoisotopic (exact) mass is 284 g/mol. The van der Waals surface area contributed by atoms with Crippen molar-refractivity contribution in [2.24, 2.45) is 0 Å². The Kier molecular flexibility index (Phi) is 3.96. The maximum Gasteiger partial charge on any atom is 0.330 e. The Bertz CT molecular complexity index is 597. The van der Waals surface area contributed by atoms with Crippen LogP contribution in [-0.4, -0.2) is 21.6 Å². The molecule has 0 aliphatic heterocycles. The third-order valence-corrected chi connectivity index (χ3v) is 2.29. The second kappa shape index (κ2) is 5.66. The highest BCUT2D eigenvalue weighted by Gasteiger charge is 2.09. The summed E-state index contributed by atoms with van der Waals surface area (Å²) in [5, 5.41) is -0.00230. The van der Waals surface area contributed by atoms with Crippen LogP contribution < -0.4 is 15.2 Å². The van der Waals surface area contributed by atoms with E-state index >= 15 is 0 Å². The fourth-order valence-corrected chi connectivity index (χ4v) is 1.36. The number of nitrogens with two attached hydrogens (primary N) is 1. The third kappa shape index (κ3) is 3.41. The van der Waals surface area contributed by atoms with Crippen LogP contribution in [0, 0.1) is 5.82 Å². The van der Waals surface area contributed by atoms with E-state index in [9.17, 15) is 4.39 Å². The number of aromatic nitrogens is 3. The molecule has 0 unspecified atom stereocenters. The molecule has 1 aromatic carbocycles. The first-order valence-electron chi connectivity index (χ1n) is 5.35. The van der Waals surface area contributed by atoms with Gasteiger partial charge in [0.2, 0.25) is 5.95 Å². The van der Waals surface area contributed by atoms with Crippen LogP contribution in [0.3, 0.4) is 0 Å². The SMILES string of the molecule is CCOc1nc(N)nc(Oc2ccc(Cl)c(F)c2)n1. The number of anilines is 1. The van der Waals surface area contributed by atoms with E-state index in [1.165, 1.54) is 12.1 Å². The van der Waals surface area contributed by atoms with Crippen LogP contribution in [0.5, 0.6) is 17.8 Å². The zero-order valence-corrected chi connectivity index (χ0v) is 10.7. The molecular weight excluding hydrogens is 275 g/mol. The minimum absolute atomic E-state index is 0.00230. The fraction of sp³-hybridized carbons (Fsp3) is 0.182. The molecule has 2 aromatic rings. The number of nitrogens with zero attached hydrogens (tertiary/aromatic N) is 3. The van der Waals surface area contributed by atoms with Gasteiger partial charge in [-0.3, -0.25) is 0 Å². The van der Waals surface area contributed by atoms with Crippen LogP contribution in [-0.2, 0) is 0 Å². The van der Waals surface area contributed by atoms with E-state index in [2.05, 4.69) is 15.0 Å². The number of benzene rings is 1. The summed E-state index contributed by atoms with van der Waals surface area (Å²) in [7, 11) is 0. The summed E-state index contributed by atoms with van der Waals surface area (Å²) < 4.78 is 23.6. The molecule has 100 valence electrons. The van der Waals surface area contributed by atoms with Gasteiger partial charge in [0.15, 0.2) is 0 Å². The smallest absolute Gasteiger partial charge is 0.330 e. The maximum absolute atomic E-state index is 13.2. The van der Waals surface area contributed by atoms with Crippen molar-refractivity contribution in [1.29, 1.82) is 0 Å². The minimum Gasteiger partial charge on any atom is -0.464 e. The van der Waals surface area contributed by atoms with Crippen molar-refractivity contribution in [2.45, 2.75) is 6.92 Å². The Balaban J connectivity index is 2.24. The van der Waals surface area contributed by atoms with E-state index < -0.39 is 5.82 Å². The summed E-state index contributed by atoms with van der Waals surface area (Å²) in [6.45, 7) is 2.15. The largest absolute Gasteiger partial charge is 0.464 e. The number of rotatable bonds is 4. The number of ether oxygens (including phenoxy) is 2. The molecular formula is C11H10ClFN4O2. The van der Waals surface area contributed by atoms with Crippen molar-refractivity contribution in [1.82, 2.24) is 15.0 Å². The Morgan fingerprint density at radius 2 is 2.00 bits per heavy atom. The molecule has 0 spiro atoms. The fourth-order valence-electron chi connectivity index (χ4n) is 1.24. The molecule has 0 saturated heterocycles. The van der Waals surface area contributed by atoms with Crippen LogP contribution in [0.25, 0.3) is 0 Å². The van der Waals surface area contributed by atoms with Crippen LogP contribution in [0.1, 0.15) is 6.92 Å². The number of hydrogen-bond acceptors (Lipinski definition) is 6. The molecule has 0 saturated carbocycles. The molecule has 0 fully saturated rings. The summed E-state index contributed by atoms with van der Waals surface area (Å²) in [6.07, 6.45) is 0. The molecule has 0 atom stereocenters. The lowest BCUT2D eigenvalue weighted by Gasteiger charge is -2.06. The highest BCUT2D eigenvalue weighted by atomic mass is 35.5. The maximum atomic E-state index is 13.2. The van der Waals surface area contributed by atoms with Gasteiger partial charge in [-0.1, -0.05) is 11.6 Å². The first-order chi connectivity index (χ1) is 9.08. The lowest BCUT2D eigenvalue weighted by Crippen LogP contribution is -2.04. The highest BCUT2D eigenvalue weighted by Crippen LogP contribution is 2.24. The molecule has 1 heterocycles. The minimum atomic E-state index is -0.605. The topological polar surface area (TPSA) is 83.2 Å². The number of nitrogen functional groups attached to an aromatic ring is 1. The number of hydrogen-bond donors (Lipinski definition) is 1. The van der Waals surface area contributed by atoms with Crippen molar-refractivity contribution < 1.29 is 13.9 Å². The van der Waals surface area contributed by atoms with E-state index in [0.29, 0.717) is 6.61 Å². The zero-order valence-electron chi connectivity index (χ0n) is 9.93. The van der Waals surface area contributed by atoms with Gasteiger partial charge in [0, 0.05) is 6.07 Å². The van der Waals surface area contributed by atoms with Gasteiger partial charge in [-0.15, -0.1) is 4.98 Å². The zero-order chi connectivity index (χ0) is 13.8. The Morgan fingerprint density at radius 1 is 1.26 bits per heavy atom. The van der Waals surface area contributed by atoms with E-state index in [1.54, 1.807) is 6.92 Å². The van der Waals surface area contributed by atoms with E-state index in [-0.39, 0.29) is 28.7 Å². The standard InChI is InChI=1S/C11H10ClFN4O2/c1-2-18-10-15-9(14)16-11(17-10)19-6-3-4-7(12)8(13)5-6/h3-5H,2H2,1H3,(H2,14,15,16,17). The van der Waals surface area contributed by atoms with Gasteiger partial charge in [0.1, 0.15) is 11.6 Å². The van der Waals surface area contributed by atoms with Crippen molar-refractivity contribution in [3.05, 3.63) is 29.0 Å². The predicted octanol–water partition coefficient (Wildman–Crippen LogP) is 2.44. The molecule has 0 aliphatic carbocycles. The van der Waals surface area contributed by atoms with E-state index in [1.807, 2.05) is 0 Å². The molecule has 2 rings (SSSR count). The molecule has 8 heteroatoms. The van der Waals surface area contributed by atoms with Gasteiger partial charge in [-0.2, -0.15) is 9.97 Å². The van der Waals surface area contributed by atoms with Gasteiger partial charge in [-0.05, 0) is 19.1 Å². The average Bonchev–Trinajstić information content (AvgIpc) is 2.33. The summed E-state index contributed by atoms with van der Waals surface area (Å²) in [5.74, 6) is -0.468. The lowest BCUT2D eigenvalue weighted by atomic mass is 10.3. The van der Waals surface area contributed by atoms with Gasteiger partial charge in [0.05, 0.1) is 11.6 Å². The van der Waals surface area contributed by atoms with Crippen LogP contribution in [0.4, 0.5) is 10.3 Å². The van der Waals surface area contributed by atoms with Gasteiger partial charge in [0.25, 0.3) is 0 Å². The highest BCUT2D eigenvalue weighted by molar-refractivity contribution is 6.30. The van der Waals surface area contributed by atoms with Crippen LogP contribution >= 0.6 is 11.6 Å². The predicted molar refractivity (Wildman–Crippen MR) is 66.9 cm³/mol. The summed E-state index contributed by atoms with van der Waals surface area (Å²) in [5.41, 5.74) is 5.48. The van der Waals surface area contributed by atoms with Gasteiger partial charge >= 0.3 is 12.0 Å². The Hall–Kier alpha value is -2.15. The summed E-state index contributed by atoms with van der Waals surface area (Å²) in [4.78, 5) is 11.4. The molecule has 6 nitrogen and oxygen atoms in total. The van der Waals surface area contributed by atoms with Crippen molar-refractivity contribution in [2.75, 3.05) is 12.3 Å². The Morgan fingerprint density at radius 3 is 2.68 bits per heavy atom. The van der Waals surface area contributed by atoms with Crippen molar-refractivity contribution in [3.63, 3.8) is 0 Å². The first kappa shape index (κ1) is 13.3. The number of halogens is 2.